The molecule has 3 aromatic carbocycles. The summed E-state index contributed by atoms with van der Waals surface area (Å²) in [5, 5.41) is 9.12. The summed E-state index contributed by atoms with van der Waals surface area (Å²) in [6, 6.07) is 22.9. The molecular weight excluding hydrogens is 359 g/mol. The molecule has 1 aliphatic carbocycles. The Morgan fingerprint density at radius 2 is 1.52 bits per heavy atom. The first-order chi connectivity index (χ1) is 13.2. The van der Waals surface area contributed by atoms with Crippen LogP contribution in [0.2, 0.25) is 0 Å². The first-order valence-electron chi connectivity index (χ1n) is 8.53. The van der Waals surface area contributed by atoms with Crippen molar-refractivity contribution < 1.29 is 4.39 Å². The van der Waals surface area contributed by atoms with Crippen LogP contribution in [0.4, 0.5) is 4.39 Å². The van der Waals surface area contributed by atoms with Gasteiger partial charge in [0, 0.05) is 5.56 Å². The van der Waals surface area contributed by atoms with Crippen LogP contribution in [0.15, 0.2) is 78.0 Å². The summed E-state index contributed by atoms with van der Waals surface area (Å²) >= 11 is 1.55. The molecule has 0 amide bonds. The van der Waals surface area contributed by atoms with Crippen LogP contribution in [-0.2, 0) is 0 Å². The standard InChI is InChI=1S/C21H15FN4S/c22-14-7-5-6-13(12-14)20-24-25-21(26(20)23)27-19-17-10-3-1-8-15(17)16-9-2-4-11-18(16)19/h1-12,19H,23H2. The number of fused-ring (bicyclic) bond motifs is 3. The van der Waals surface area contributed by atoms with E-state index in [2.05, 4.69) is 46.6 Å². The van der Waals surface area contributed by atoms with Crippen LogP contribution < -0.4 is 5.84 Å². The number of halogens is 1. The Bertz CT molecular complexity index is 1110. The highest BCUT2D eigenvalue weighted by Crippen LogP contribution is 2.51. The van der Waals surface area contributed by atoms with Crippen molar-refractivity contribution in [1.29, 1.82) is 0 Å². The molecule has 0 atom stereocenters. The normalized spacial score (nSPS) is 12.8. The number of nitrogens with zero attached hydrogens (tertiary/aromatic N) is 3. The van der Waals surface area contributed by atoms with E-state index < -0.39 is 0 Å². The third kappa shape index (κ3) is 2.61. The van der Waals surface area contributed by atoms with Crippen molar-refractivity contribution in [3.05, 3.63) is 89.7 Å². The highest BCUT2D eigenvalue weighted by Gasteiger charge is 2.30. The van der Waals surface area contributed by atoms with E-state index >= 15 is 0 Å². The van der Waals surface area contributed by atoms with E-state index in [4.69, 9.17) is 5.84 Å². The van der Waals surface area contributed by atoms with Gasteiger partial charge in [0.15, 0.2) is 5.82 Å². The summed E-state index contributed by atoms with van der Waals surface area (Å²) in [5.74, 6) is 6.36. The molecule has 1 aromatic heterocycles. The third-order valence-corrected chi connectivity index (χ3v) is 5.98. The number of rotatable bonds is 3. The topological polar surface area (TPSA) is 56.7 Å². The van der Waals surface area contributed by atoms with Crippen molar-refractivity contribution in [3.63, 3.8) is 0 Å². The van der Waals surface area contributed by atoms with Gasteiger partial charge in [-0.05, 0) is 34.4 Å². The fraction of sp³-hybridized carbons (Fsp3) is 0.0476. The van der Waals surface area contributed by atoms with Gasteiger partial charge in [0.25, 0.3) is 0 Å². The minimum atomic E-state index is -0.330. The molecule has 0 unspecified atom stereocenters. The molecule has 132 valence electrons. The minimum Gasteiger partial charge on any atom is -0.335 e. The van der Waals surface area contributed by atoms with Gasteiger partial charge in [0.05, 0.1) is 5.25 Å². The quantitative estimate of drug-likeness (QED) is 0.530. The summed E-state index contributed by atoms with van der Waals surface area (Å²) in [7, 11) is 0. The van der Waals surface area contributed by atoms with Crippen LogP contribution >= 0.6 is 11.8 Å². The Hall–Kier alpha value is -3.12. The van der Waals surface area contributed by atoms with Crippen LogP contribution in [0.5, 0.6) is 0 Å². The number of hydrogen-bond acceptors (Lipinski definition) is 4. The zero-order valence-corrected chi connectivity index (χ0v) is 15.0. The molecule has 6 heteroatoms. The number of thioether (sulfide) groups is 1. The Balaban J connectivity index is 1.55. The fourth-order valence-electron chi connectivity index (χ4n) is 3.52. The zero-order valence-electron chi connectivity index (χ0n) is 14.2. The van der Waals surface area contributed by atoms with Gasteiger partial charge in [-0.25, -0.2) is 9.07 Å². The Morgan fingerprint density at radius 3 is 2.19 bits per heavy atom. The first-order valence-corrected chi connectivity index (χ1v) is 9.41. The van der Waals surface area contributed by atoms with Crippen molar-refractivity contribution in [3.8, 4) is 22.5 Å². The third-order valence-electron chi connectivity index (χ3n) is 4.75. The lowest BCUT2D eigenvalue weighted by Crippen LogP contribution is -2.12. The molecule has 4 nitrogen and oxygen atoms in total. The number of nitrogen functional groups attached to an aromatic ring is 1. The maximum Gasteiger partial charge on any atom is 0.211 e. The number of hydrogen-bond donors (Lipinski definition) is 1. The van der Waals surface area contributed by atoms with Gasteiger partial charge in [-0.15, -0.1) is 10.2 Å². The Morgan fingerprint density at radius 1 is 0.852 bits per heavy atom. The highest BCUT2D eigenvalue weighted by atomic mass is 32.2. The smallest absolute Gasteiger partial charge is 0.211 e. The van der Waals surface area contributed by atoms with Crippen molar-refractivity contribution in [2.45, 2.75) is 10.4 Å². The summed E-state index contributed by atoms with van der Waals surface area (Å²) in [4.78, 5) is 0. The zero-order chi connectivity index (χ0) is 18.4. The number of aromatic nitrogens is 3. The van der Waals surface area contributed by atoms with Crippen LogP contribution in [0.25, 0.3) is 22.5 Å². The lowest BCUT2D eigenvalue weighted by atomic mass is 10.1. The fourth-order valence-corrected chi connectivity index (χ4v) is 4.69. The van der Waals surface area contributed by atoms with Gasteiger partial charge in [0.2, 0.25) is 5.16 Å². The summed E-state index contributed by atoms with van der Waals surface area (Å²) in [6.45, 7) is 0. The van der Waals surface area contributed by atoms with Crippen molar-refractivity contribution in [2.24, 2.45) is 0 Å². The lowest BCUT2D eigenvalue weighted by molar-refractivity contribution is 0.628. The molecule has 0 fully saturated rings. The van der Waals surface area contributed by atoms with E-state index in [-0.39, 0.29) is 11.1 Å². The van der Waals surface area contributed by atoms with E-state index in [0.717, 1.165) is 0 Å². The van der Waals surface area contributed by atoms with E-state index in [0.29, 0.717) is 16.5 Å². The average molecular weight is 374 g/mol. The van der Waals surface area contributed by atoms with E-state index in [9.17, 15) is 4.39 Å². The van der Waals surface area contributed by atoms with E-state index in [1.54, 1.807) is 23.9 Å². The van der Waals surface area contributed by atoms with Gasteiger partial charge in [-0.2, -0.15) is 0 Å². The second-order valence-corrected chi connectivity index (χ2v) is 7.43. The molecule has 0 bridgehead atoms. The van der Waals surface area contributed by atoms with Gasteiger partial charge >= 0.3 is 0 Å². The number of benzene rings is 3. The predicted molar refractivity (Wildman–Crippen MR) is 105 cm³/mol. The predicted octanol–water partition coefficient (Wildman–Crippen LogP) is 4.66. The number of nitrogens with two attached hydrogens (primary N) is 1. The largest absolute Gasteiger partial charge is 0.335 e. The van der Waals surface area contributed by atoms with Crippen LogP contribution in [0.3, 0.4) is 0 Å². The molecular formula is C21H15FN4S. The van der Waals surface area contributed by atoms with Crippen LogP contribution in [-0.4, -0.2) is 14.9 Å². The molecule has 0 saturated heterocycles. The summed E-state index contributed by atoms with van der Waals surface area (Å²) < 4.78 is 15.0. The summed E-state index contributed by atoms with van der Waals surface area (Å²) in [5.41, 5.74) is 5.54. The van der Waals surface area contributed by atoms with Crippen molar-refractivity contribution >= 4 is 11.8 Å². The molecule has 2 N–H and O–H groups in total. The SMILES string of the molecule is Nn1c(SC2c3ccccc3-c3ccccc32)nnc1-c1cccc(F)c1. The molecule has 0 saturated carbocycles. The average Bonchev–Trinajstić information content (AvgIpc) is 3.21. The van der Waals surface area contributed by atoms with E-state index in [1.807, 2.05) is 12.1 Å². The van der Waals surface area contributed by atoms with Crippen LogP contribution in [0.1, 0.15) is 16.4 Å². The lowest BCUT2D eigenvalue weighted by Gasteiger charge is -2.12. The molecule has 27 heavy (non-hydrogen) atoms. The van der Waals surface area contributed by atoms with E-state index in [1.165, 1.54) is 39.1 Å². The van der Waals surface area contributed by atoms with Crippen molar-refractivity contribution in [1.82, 2.24) is 14.9 Å². The summed E-state index contributed by atoms with van der Waals surface area (Å²) in [6.07, 6.45) is 0. The molecule has 0 aliphatic heterocycles. The van der Waals surface area contributed by atoms with Crippen molar-refractivity contribution in [2.75, 3.05) is 5.84 Å². The molecule has 0 spiro atoms. The molecule has 5 rings (SSSR count). The minimum absolute atomic E-state index is 0.0873. The molecule has 1 heterocycles. The Labute approximate surface area is 159 Å². The monoisotopic (exact) mass is 374 g/mol. The second kappa shape index (κ2) is 6.25. The van der Waals surface area contributed by atoms with Gasteiger partial charge < -0.3 is 5.84 Å². The second-order valence-electron chi connectivity index (χ2n) is 6.36. The Kier molecular flexibility index (Phi) is 3.72. The maximum absolute atomic E-state index is 13.5. The van der Waals surface area contributed by atoms with Gasteiger partial charge in [-0.1, -0.05) is 72.4 Å². The molecule has 0 radical (unpaired) electrons. The first kappa shape index (κ1) is 16.1. The highest BCUT2D eigenvalue weighted by molar-refractivity contribution is 7.99. The molecule has 1 aliphatic rings. The van der Waals surface area contributed by atoms with Gasteiger partial charge in [-0.3, -0.25) is 0 Å². The molecule has 4 aromatic rings. The van der Waals surface area contributed by atoms with Crippen LogP contribution in [0, 0.1) is 5.82 Å². The van der Waals surface area contributed by atoms with Gasteiger partial charge in [0.1, 0.15) is 5.82 Å². The maximum atomic E-state index is 13.5.